The van der Waals surface area contributed by atoms with Gasteiger partial charge in [-0.1, -0.05) is 6.07 Å². The molecule has 1 N–H and O–H groups in total. The minimum absolute atomic E-state index is 0.333. The van der Waals surface area contributed by atoms with Crippen LogP contribution in [-0.4, -0.2) is 32.6 Å². The predicted molar refractivity (Wildman–Crippen MR) is 68.1 cm³/mol. The lowest BCUT2D eigenvalue weighted by molar-refractivity contribution is 0.0808. The fourth-order valence-corrected chi connectivity index (χ4v) is 2.66. The molecule has 1 aromatic carbocycles. The van der Waals surface area contributed by atoms with Crippen molar-refractivity contribution in [3.63, 3.8) is 0 Å². The van der Waals surface area contributed by atoms with Crippen molar-refractivity contribution in [2.24, 2.45) is 0 Å². The van der Waals surface area contributed by atoms with Crippen LogP contribution in [0.15, 0.2) is 18.2 Å². The van der Waals surface area contributed by atoms with Crippen molar-refractivity contribution in [2.45, 2.75) is 31.4 Å². The molecule has 2 aliphatic rings. The van der Waals surface area contributed by atoms with Crippen LogP contribution in [0.1, 0.15) is 18.4 Å². The van der Waals surface area contributed by atoms with Gasteiger partial charge in [0.25, 0.3) is 0 Å². The van der Waals surface area contributed by atoms with Crippen LogP contribution in [0.2, 0.25) is 0 Å². The Kier molecular flexibility index (Phi) is 3.39. The molecule has 4 heteroatoms. The Hall–Kier alpha value is -1.26. The minimum Gasteiger partial charge on any atom is -0.454 e. The van der Waals surface area contributed by atoms with Crippen molar-refractivity contribution in [1.82, 2.24) is 5.32 Å². The van der Waals surface area contributed by atoms with Crippen LogP contribution < -0.4 is 14.8 Å². The topological polar surface area (TPSA) is 39.7 Å². The van der Waals surface area contributed by atoms with E-state index >= 15 is 0 Å². The molecule has 2 unspecified atom stereocenters. The number of rotatable bonds is 4. The number of fused-ring (bicyclic) bond motifs is 1. The van der Waals surface area contributed by atoms with E-state index in [4.69, 9.17) is 14.2 Å². The zero-order chi connectivity index (χ0) is 12.4. The van der Waals surface area contributed by atoms with Gasteiger partial charge in [0.15, 0.2) is 11.5 Å². The van der Waals surface area contributed by atoms with Gasteiger partial charge in [-0.3, -0.25) is 0 Å². The van der Waals surface area contributed by atoms with Gasteiger partial charge in [-0.15, -0.1) is 0 Å². The van der Waals surface area contributed by atoms with E-state index in [2.05, 4.69) is 17.4 Å². The summed E-state index contributed by atoms with van der Waals surface area (Å²) in [6.45, 7) is 1.23. The fourth-order valence-electron chi connectivity index (χ4n) is 2.66. The monoisotopic (exact) mass is 249 g/mol. The lowest BCUT2D eigenvalue weighted by Gasteiger charge is -2.22. The van der Waals surface area contributed by atoms with Crippen molar-refractivity contribution >= 4 is 0 Å². The van der Waals surface area contributed by atoms with E-state index in [1.54, 1.807) is 0 Å². The van der Waals surface area contributed by atoms with Crippen LogP contribution in [0.4, 0.5) is 0 Å². The number of nitrogens with one attached hydrogen (secondary N) is 1. The Morgan fingerprint density at radius 2 is 2.22 bits per heavy atom. The molecule has 2 aliphatic heterocycles. The molecule has 18 heavy (non-hydrogen) atoms. The Morgan fingerprint density at radius 1 is 1.33 bits per heavy atom. The maximum absolute atomic E-state index is 5.75. The van der Waals surface area contributed by atoms with E-state index < -0.39 is 0 Å². The lowest BCUT2D eigenvalue weighted by atomic mass is 9.99. The highest BCUT2D eigenvalue weighted by Crippen LogP contribution is 2.33. The first kappa shape index (κ1) is 11.8. The van der Waals surface area contributed by atoms with Crippen LogP contribution in [0.25, 0.3) is 0 Å². The molecule has 1 saturated heterocycles. The Morgan fingerprint density at radius 3 is 3.00 bits per heavy atom. The zero-order valence-corrected chi connectivity index (χ0v) is 10.6. The van der Waals surface area contributed by atoms with Crippen LogP contribution in [0, 0.1) is 0 Å². The van der Waals surface area contributed by atoms with Gasteiger partial charge in [-0.25, -0.2) is 0 Å². The standard InChI is InChI=1S/C14H19NO3/c1-15-11(12-3-2-6-16-12)7-10-4-5-13-14(8-10)18-9-17-13/h4-5,8,11-12,15H,2-3,6-7,9H2,1H3. The SMILES string of the molecule is CNC(Cc1ccc2c(c1)OCO2)C1CCCO1. The van der Waals surface area contributed by atoms with E-state index in [1.807, 2.05) is 13.1 Å². The van der Waals surface area contributed by atoms with Crippen molar-refractivity contribution in [1.29, 1.82) is 0 Å². The molecule has 0 radical (unpaired) electrons. The lowest BCUT2D eigenvalue weighted by Crippen LogP contribution is -2.39. The number of ether oxygens (including phenoxy) is 3. The Labute approximate surface area is 107 Å². The number of hydrogen-bond donors (Lipinski definition) is 1. The molecule has 2 atom stereocenters. The van der Waals surface area contributed by atoms with Crippen LogP contribution in [-0.2, 0) is 11.2 Å². The number of likely N-dealkylation sites (N-methyl/N-ethyl adjacent to an activating group) is 1. The Bertz CT molecular complexity index is 416. The van der Waals surface area contributed by atoms with Crippen LogP contribution in [0.3, 0.4) is 0 Å². The minimum atomic E-state index is 0.333. The summed E-state index contributed by atoms with van der Waals surface area (Å²) < 4.78 is 16.5. The molecule has 98 valence electrons. The molecule has 1 fully saturated rings. The maximum atomic E-state index is 5.75. The van der Waals surface area contributed by atoms with Crippen molar-refractivity contribution in [3.8, 4) is 11.5 Å². The predicted octanol–water partition coefficient (Wildman–Crippen LogP) is 1.72. The summed E-state index contributed by atoms with van der Waals surface area (Å²) in [5.74, 6) is 1.70. The highest BCUT2D eigenvalue weighted by molar-refractivity contribution is 5.44. The zero-order valence-electron chi connectivity index (χ0n) is 10.6. The summed E-state index contributed by atoms with van der Waals surface area (Å²) in [5.41, 5.74) is 1.26. The van der Waals surface area contributed by atoms with Crippen molar-refractivity contribution < 1.29 is 14.2 Å². The molecular weight excluding hydrogens is 230 g/mol. The molecule has 0 aromatic heterocycles. The summed E-state index contributed by atoms with van der Waals surface area (Å²) in [6.07, 6.45) is 3.61. The normalized spacial score (nSPS) is 23.3. The highest BCUT2D eigenvalue weighted by atomic mass is 16.7. The van der Waals surface area contributed by atoms with Gasteiger partial charge < -0.3 is 19.5 Å². The first-order valence-corrected chi connectivity index (χ1v) is 6.54. The second kappa shape index (κ2) is 5.16. The molecule has 3 rings (SSSR count). The second-order valence-electron chi connectivity index (χ2n) is 4.84. The van der Waals surface area contributed by atoms with Gasteiger partial charge in [-0.2, -0.15) is 0 Å². The van der Waals surface area contributed by atoms with E-state index in [-0.39, 0.29) is 0 Å². The fraction of sp³-hybridized carbons (Fsp3) is 0.571. The van der Waals surface area contributed by atoms with Gasteiger partial charge in [0, 0.05) is 12.6 Å². The summed E-state index contributed by atoms with van der Waals surface area (Å²) in [6, 6.07) is 6.53. The summed E-state index contributed by atoms with van der Waals surface area (Å²) in [5, 5.41) is 3.36. The quantitative estimate of drug-likeness (QED) is 0.882. The third-order valence-electron chi connectivity index (χ3n) is 3.68. The van der Waals surface area contributed by atoms with E-state index in [1.165, 1.54) is 12.0 Å². The van der Waals surface area contributed by atoms with Gasteiger partial charge in [0.2, 0.25) is 6.79 Å². The van der Waals surface area contributed by atoms with E-state index in [0.717, 1.165) is 30.9 Å². The molecule has 0 aliphatic carbocycles. The molecular formula is C14H19NO3. The molecule has 0 spiro atoms. The molecule has 1 aromatic rings. The summed E-state index contributed by atoms with van der Waals surface area (Å²) in [4.78, 5) is 0. The molecule has 2 heterocycles. The van der Waals surface area contributed by atoms with Gasteiger partial charge in [0.1, 0.15) is 0 Å². The molecule has 0 bridgehead atoms. The first-order chi connectivity index (χ1) is 8.86. The summed E-state index contributed by atoms with van der Waals surface area (Å²) in [7, 11) is 2.00. The van der Waals surface area contributed by atoms with E-state index in [0.29, 0.717) is 18.9 Å². The largest absolute Gasteiger partial charge is 0.454 e. The first-order valence-electron chi connectivity index (χ1n) is 6.54. The smallest absolute Gasteiger partial charge is 0.231 e. The number of benzene rings is 1. The maximum Gasteiger partial charge on any atom is 0.231 e. The van der Waals surface area contributed by atoms with Crippen LogP contribution >= 0.6 is 0 Å². The van der Waals surface area contributed by atoms with Crippen molar-refractivity contribution in [3.05, 3.63) is 23.8 Å². The highest BCUT2D eigenvalue weighted by Gasteiger charge is 2.25. The third kappa shape index (κ3) is 2.31. The van der Waals surface area contributed by atoms with Gasteiger partial charge in [0.05, 0.1) is 6.10 Å². The Balaban J connectivity index is 1.70. The van der Waals surface area contributed by atoms with Gasteiger partial charge in [-0.05, 0) is 44.0 Å². The van der Waals surface area contributed by atoms with Gasteiger partial charge >= 0.3 is 0 Å². The van der Waals surface area contributed by atoms with Crippen molar-refractivity contribution in [2.75, 3.05) is 20.4 Å². The molecule has 0 amide bonds. The average molecular weight is 249 g/mol. The number of hydrogen-bond acceptors (Lipinski definition) is 4. The second-order valence-corrected chi connectivity index (χ2v) is 4.84. The van der Waals surface area contributed by atoms with E-state index in [9.17, 15) is 0 Å². The van der Waals surface area contributed by atoms with Crippen LogP contribution in [0.5, 0.6) is 11.5 Å². The molecule has 4 nitrogen and oxygen atoms in total. The molecule has 0 saturated carbocycles. The average Bonchev–Trinajstić information content (AvgIpc) is 3.06. The summed E-state index contributed by atoms with van der Waals surface area (Å²) >= 11 is 0. The third-order valence-corrected chi connectivity index (χ3v) is 3.68.